The van der Waals surface area contributed by atoms with Gasteiger partial charge in [0.1, 0.15) is 5.60 Å². The van der Waals surface area contributed by atoms with Crippen LogP contribution in [-0.4, -0.2) is 11.9 Å². The Morgan fingerprint density at radius 1 is 1.40 bits per heavy atom. The van der Waals surface area contributed by atoms with Gasteiger partial charge >= 0.3 is 6.09 Å². The van der Waals surface area contributed by atoms with Gasteiger partial charge in [0.15, 0.2) is 5.78 Å². The summed E-state index contributed by atoms with van der Waals surface area (Å²) in [5.74, 6) is 0.523. The Morgan fingerprint density at radius 3 is 2.90 bits per heavy atom. The van der Waals surface area contributed by atoms with Crippen LogP contribution in [0.3, 0.4) is 0 Å². The Morgan fingerprint density at radius 2 is 2.15 bits per heavy atom. The highest BCUT2D eigenvalue weighted by atomic mass is 16.6. The third-order valence-corrected chi connectivity index (χ3v) is 4.86. The number of rotatable bonds is 1. The van der Waals surface area contributed by atoms with Crippen molar-refractivity contribution in [2.24, 2.45) is 17.6 Å². The van der Waals surface area contributed by atoms with E-state index in [1.165, 1.54) is 0 Å². The van der Waals surface area contributed by atoms with Crippen LogP contribution >= 0.6 is 0 Å². The minimum Gasteiger partial charge on any atom is -0.438 e. The zero-order chi connectivity index (χ0) is 14.3. The molecule has 3 atom stereocenters. The molecule has 1 fully saturated rings. The van der Waals surface area contributed by atoms with Crippen LogP contribution in [0.25, 0.3) is 0 Å². The Hall–Kier alpha value is -1.84. The van der Waals surface area contributed by atoms with Crippen LogP contribution in [0.1, 0.15) is 48.5 Å². The molecular formula is C16H19NO3. The molecule has 0 heterocycles. The van der Waals surface area contributed by atoms with Gasteiger partial charge in [-0.25, -0.2) is 4.79 Å². The molecule has 3 unspecified atom stereocenters. The monoisotopic (exact) mass is 273 g/mol. The third kappa shape index (κ3) is 1.82. The van der Waals surface area contributed by atoms with Crippen LogP contribution in [0.5, 0.6) is 0 Å². The molecule has 1 aromatic carbocycles. The van der Waals surface area contributed by atoms with E-state index >= 15 is 0 Å². The van der Waals surface area contributed by atoms with Gasteiger partial charge in [0.2, 0.25) is 0 Å². The quantitative estimate of drug-likeness (QED) is 0.855. The number of nitrogens with two attached hydrogens (primary N) is 1. The molecule has 0 saturated heterocycles. The molecule has 1 saturated carbocycles. The van der Waals surface area contributed by atoms with Crippen molar-refractivity contribution in [2.45, 2.75) is 38.2 Å². The second-order valence-electron chi connectivity index (χ2n) is 5.96. The number of ketones is 1. The maximum atomic E-state index is 12.3. The SMILES string of the molecule is CC1CCCC2(OC(N)=O)c3ccccc3C(=O)CC12. The Bertz CT molecular complexity index is 569. The lowest BCUT2D eigenvalue weighted by molar-refractivity contribution is -0.0856. The molecule has 0 spiro atoms. The van der Waals surface area contributed by atoms with Gasteiger partial charge in [-0.3, -0.25) is 4.79 Å². The van der Waals surface area contributed by atoms with Crippen LogP contribution in [0, 0.1) is 11.8 Å². The summed E-state index contributed by atoms with van der Waals surface area (Å²) in [7, 11) is 0. The minimum absolute atomic E-state index is 0.0335. The Kier molecular flexibility index (Phi) is 3.04. The molecule has 2 aliphatic rings. The zero-order valence-corrected chi connectivity index (χ0v) is 11.6. The number of ether oxygens (including phenoxy) is 1. The number of amides is 1. The van der Waals surface area contributed by atoms with E-state index in [1.54, 1.807) is 0 Å². The molecule has 3 rings (SSSR count). The molecule has 0 bridgehead atoms. The van der Waals surface area contributed by atoms with E-state index < -0.39 is 11.7 Å². The highest BCUT2D eigenvalue weighted by molar-refractivity contribution is 5.99. The summed E-state index contributed by atoms with van der Waals surface area (Å²) in [6, 6.07) is 7.46. The third-order valence-electron chi connectivity index (χ3n) is 4.86. The van der Waals surface area contributed by atoms with Crippen molar-refractivity contribution in [3.05, 3.63) is 35.4 Å². The highest BCUT2D eigenvalue weighted by Gasteiger charge is 2.53. The molecule has 2 N–H and O–H groups in total. The van der Waals surface area contributed by atoms with Crippen LogP contribution < -0.4 is 5.73 Å². The standard InChI is InChI=1S/C16H19NO3/c1-10-5-4-8-16(20-15(17)19)12-7-3-2-6-11(12)14(18)9-13(10)16/h2-3,6-7,10,13H,4-5,8-9H2,1H3,(H2,17,19). The second kappa shape index (κ2) is 4.62. The lowest BCUT2D eigenvalue weighted by Crippen LogP contribution is -2.50. The minimum atomic E-state index is -0.756. The number of fused-ring (bicyclic) bond motifs is 3. The van der Waals surface area contributed by atoms with Gasteiger partial charge < -0.3 is 10.5 Å². The van der Waals surface area contributed by atoms with Gasteiger partial charge in [0, 0.05) is 23.5 Å². The molecule has 20 heavy (non-hydrogen) atoms. The molecular weight excluding hydrogens is 254 g/mol. The molecule has 2 aliphatic carbocycles. The Balaban J connectivity index is 2.18. The molecule has 1 amide bonds. The number of benzene rings is 1. The normalized spacial score (nSPS) is 32.1. The predicted octanol–water partition coefficient (Wildman–Crippen LogP) is 3.00. The molecule has 0 aliphatic heterocycles. The molecule has 106 valence electrons. The molecule has 4 nitrogen and oxygen atoms in total. The average molecular weight is 273 g/mol. The van der Waals surface area contributed by atoms with Gasteiger partial charge in [-0.05, 0) is 18.8 Å². The van der Waals surface area contributed by atoms with Gasteiger partial charge in [0.25, 0.3) is 0 Å². The average Bonchev–Trinajstić information content (AvgIpc) is 2.41. The van der Waals surface area contributed by atoms with Gasteiger partial charge in [0.05, 0.1) is 0 Å². The molecule has 0 aromatic heterocycles. The summed E-state index contributed by atoms with van der Waals surface area (Å²) in [6.45, 7) is 2.13. The first-order chi connectivity index (χ1) is 9.54. The molecule has 4 heteroatoms. The summed E-state index contributed by atoms with van der Waals surface area (Å²) in [6.07, 6.45) is 2.46. The first kappa shape index (κ1) is 13.2. The van der Waals surface area contributed by atoms with Crippen LogP contribution in [0.4, 0.5) is 4.79 Å². The van der Waals surface area contributed by atoms with Crippen LogP contribution in [0.2, 0.25) is 0 Å². The summed E-state index contributed by atoms with van der Waals surface area (Å²) in [4.78, 5) is 23.8. The fourth-order valence-corrected chi connectivity index (χ4v) is 4.00. The van der Waals surface area contributed by atoms with Gasteiger partial charge in [-0.15, -0.1) is 0 Å². The van der Waals surface area contributed by atoms with Crippen molar-refractivity contribution >= 4 is 11.9 Å². The fourth-order valence-electron chi connectivity index (χ4n) is 4.00. The maximum Gasteiger partial charge on any atom is 0.405 e. The van der Waals surface area contributed by atoms with E-state index in [-0.39, 0.29) is 11.7 Å². The molecule has 0 radical (unpaired) electrons. The summed E-state index contributed by atoms with van der Waals surface area (Å²) < 4.78 is 5.61. The molecule has 1 aromatic rings. The van der Waals surface area contributed by atoms with E-state index in [2.05, 4.69) is 6.92 Å². The maximum absolute atomic E-state index is 12.3. The van der Waals surface area contributed by atoms with E-state index in [9.17, 15) is 9.59 Å². The van der Waals surface area contributed by atoms with Gasteiger partial charge in [-0.2, -0.15) is 0 Å². The van der Waals surface area contributed by atoms with E-state index in [1.807, 2.05) is 24.3 Å². The first-order valence-electron chi connectivity index (χ1n) is 7.16. The van der Waals surface area contributed by atoms with Crippen molar-refractivity contribution in [3.63, 3.8) is 0 Å². The summed E-state index contributed by atoms with van der Waals surface area (Å²) in [5.41, 5.74) is 6.12. The zero-order valence-electron chi connectivity index (χ0n) is 11.6. The van der Waals surface area contributed by atoms with Crippen LogP contribution in [0.15, 0.2) is 24.3 Å². The predicted molar refractivity (Wildman–Crippen MR) is 74.2 cm³/mol. The van der Waals surface area contributed by atoms with Crippen LogP contribution in [-0.2, 0) is 10.3 Å². The Labute approximate surface area is 118 Å². The fraction of sp³-hybridized carbons (Fsp3) is 0.500. The van der Waals surface area contributed by atoms with Crippen molar-refractivity contribution in [3.8, 4) is 0 Å². The van der Waals surface area contributed by atoms with Crippen molar-refractivity contribution in [1.82, 2.24) is 0 Å². The van der Waals surface area contributed by atoms with Crippen molar-refractivity contribution in [1.29, 1.82) is 0 Å². The smallest absolute Gasteiger partial charge is 0.405 e. The number of primary amides is 1. The summed E-state index contributed by atoms with van der Waals surface area (Å²) >= 11 is 0. The highest BCUT2D eigenvalue weighted by Crippen LogP contribution is 2.52. The second-order valence-corrected chi connectivity index (χ2v) is 5.96. The lowest BCUT2D eigenvalue weighted by atomic mass is 9.60. The lowest BCUT2D eigenvalue weighted by Gasteiger charge is -2.49. The largest absolute Gasteiger partial charge is 0.438 e. The summed E-state index contributed by atoms with van der Waals surface area (Å²) in [5, 5.41) is 0. The van der Waals surface area contributed by atoms with E-state index in [0.717, 1.165) is 24.8 Å². The number of Topliss-reactive ketones (excluding diaryl/α,β-unsaturated/α-hetero) is 1. The van der Waals surface area contributed by atoms with Crippen molar-refractivity contribution < 1.29 is 14.3 Å². The first-order valence-corrected chi connectivity index (χ1v) is 7.16. The number of hydrogen-bond donors (Lipinski definition) is 1. The topological polar surface area (TPSA) is 69.4 Å². The van der Waals surface area contributed by atoms with E-state index in [0.29, 0.717) is 17.9 Å². The number of carbonyl (C=O) groups excluding carboxylic acids is 2. The van der Waals surface area contributed by atoms with Crippen molar-refractivity contribution in [2.75, 3.05) is 0 Å². The number of carbonyl (C=O) groups is 2. The number of hydrogen-bond acceptors (Lipinski definition) is 3. The van der Waals surface area contributed by atoms with Gasteiger partial charge in [-0.1, -0.05) is 37.6 Å². The van der Waals surface area contributed by atoms with E-state index in [4.69, 9.17) is 10.5 Å².